The number of benzene rings is 2. The molecule has 152 valence electrons. The number of nitrogens with zero attached hydrogens (tertiary/aromatic N) is 4. The predicted molar refractivity (Wildman–Crippen MR) is 115 cm³/mol. The lowest BCUT2D eigenvalue weighted by Crippen LogP contribution is -2.24. The molecular weight excluding hydrogens is 366 g/mol. The lowest BCUT2D eigenvalue weighted by Gasteiger charge is -2.21. The molecule has 0 aliphatic rings. The van der Waals surface area contributed by atoms with Gasteiger partial charge in [0.1, 0.15) is 0 Å². The number of anilines is 2. The van der Waals surface area contributed by atoms with Gasteiger partial charge in [0.25, 0.3) is 0 Å². The first kappa shape index (κ1) is 20.4. The second-order valence-corrected chi connectivity index (χ2v) is 6.50. The molecule has 7 heteroatoms. The number of hydrogen-bond acceptors (Lipinski definition) is 7. The summed E-state index contributed by atoms with van der Waals surface area (Å²) in [7, 11) is 3.27. The van der Waals surface area contributed by atoms with Crippen LogP contribution in [0.3, 0.4) is 0 Å². The monoisotopic (exact) mass is 393 g/mol. The van der Waals surface area contributed by atoms with Gasteiger partial charge in [-0.05, 0) is 36.6 Å². The Morgan fingerprint density at radius 1 is 0.966 bits per heavy atom. The summed E-state index contributed by atoms with van der Waals surface area (Å²) in [6.45, 7) is 4.40. The standard InChI is InChI=1S/C22H27N5O2/c1-4-27(16-18-8-6-5-7-9-18)21-15-24-26-22(25-21)23-13-12-17-10-11-19(28-2)20(14-17)29-3/h5-11,14-15H,4,12-13,16H2,1-3H3,(H,23,25,26). The minimum atomic E-state index is 0.523. The second-order valence-electron chi connectivity index (χ2n) is 6.50. The van der Waals surface area contributed by atoms with Crippen molar-refractivity contribution in [1.82, 2.24) is 15.2 Å². The van der Waals surface area contributed by atoms with Gasteiger partial charge in [0.15, 0.2) is 17.3 Å². The van der Waals surface area contributed by atoms with Crippen molar-refractivity contribution in [2.24, 2.45) is 0 Å². The first-order valence-electron chi connectivity index (χ1n) is 9.66. The number of hydrogen-bond donors (Lipinski definition) is 1. The van der Waals surface area contributed by atoms with Crippen LogP contribution in [0.15, 0.2) is 54.7 Å². The first-order valence-corrected chi connectivity index (χ1v) is 9.66. The Kier molecular flexibility index (Phi) is 7.22. The van der Waals surface area contributed by atoms with Crippen molar-refractivity contribution in [1.29, 1.82) is 0 Å². The smallest absolute Gasteiger partial charge is 0.244 e. The van der Waals surface area contributed by atoms with Crippen LogP contribution in [0.1, 0.15) is 18.1 Å². The predicted octanol–water partition coefficient (Wildman–Crippen LogP) is 3.57. The van der Waals surface area contributed by atoms with Crippen LogP contribution in [-0.4, -0.2) is 42.5 Å². The minimum absolute atomic E-state index is 0.523. The van der Waals surface area contributed by atoms with Gasteiger partial charge in [0, 0.05) is 19.6 Å². The zero-order valence-electron chi connectivity index (χ0n) is 17.1. The van der Waals surface area contributed by atoms with Gasteiger partial charge in [-0.3, -0.25) is 0 Å². The first-order chi connectivity index (χ1) is 14.2. The molecule has 0 saturated carbocycles. The van der Waals surface area contributed by atoms with E-state index in [-0.39, 0.29) is 0 Å². The van der Waals surface area contributed by atoms with Gasteiger partial charge in [-0.1, -0.05) is 36.4 Å². The summed E-state index contributed by atoms with van der Waals surface area (Å²) in [6.07, 6.45) is 2.50. The molecule has 0 radical (unpaired) electrons. The third kappa shape index (κ3) is 5.57. The highest BCUT2D eigenvalue weighted by Crippen LogP contribution is 2.27. The van der Waals surface area contributed by atoms with E-state index in [1.54, 1.807) is 20.4 Å². The average Bonchev–Trinajstić information content (AvgIpc) is 2.78. The fourth-order valence-electron chi connectivity index (χ4n) is 3.04. The van der Waals surface area contributed by atoms with Crippen molar-refractivity contribution < 1.29 is 9.47 Å². The van der Waals surface area contributed by atoms with Crippen LogP contribution in [0.25, 0.3) is 0 Å². The van der Waals surface area contributed by atoms with E-state index in [9.17, 15) is 0 Å². The fraction of sp³-hybridized carbons (Fsp3) is 0.318. The molecule has 0 unspecified atom stereocenters. The molecule has 29 heavy (non-hydrogen) atoms. The van der Waals surface area contributed by atoms with E-state index in [0.29, 0.717) is 12.5 Å². The molecular formula is C22H27N5O2. The van der Waals surface area contributed by atoms with Crippen LogP contribution < -0.4 is 19.7 Å². The SMILES string of the molecule is CCN(Cc1ccccc1)c1cnnc(NCCc2ccc(OC)c(OC)c2)n1. The molecule has 0 saturated heterocycles. The molecule has 1 N–H and O–H groups in total. The van der Waals surface area contributed by atoms with Crippen molar-refractivity contribution in [3.05, 3.63) is 65.9 Å². The van der Waals surface area contributed by atoms with Gasteiger partial charge in [-0.25, -0.2) is 0 Å². The van der Waals surface area contributed by atoms with E-state index >= 15 is 0 Å². The Balaban J connectivity index is 1.61. The summed E-state index contributed by atoms with van der Waals surface area (Å²) < 4.78 is 10.6. The zero-order valence-corrected chi connectivity index (χ0v) is 17.1. The molecule has 0 amide bonds. The van der Waals surface area contributed by atoms with Gasteiger partial charge in [0.2, 0.25) is 5.95 Å². The summed E-state index contributed by atoms with van der Waals surface area (Å²) in [5.74, 6) is 2.78. The highest BCUT2D eigenvalue weighted by molar-refractivity contribution is 5.44. The van der Waals surface area contributed by atoms with Crippen LogP contribution in [0.2, 0.25) is 0 Å². The molecule has 2 aromatic carbocycles. The molecule has 0 aliphatic carbocycles. The van der Waals surface area contributed by atoms with Gasteiger partial charge in [-0.2, -0.15) is 10.1 Å². The third-order valence-corrected chi connectivity index (χ3v) is 4.61. The zero-order chi connectivity index (χ0) is 20.5. The van der Waals surface area contributed by atoms with Crippen molar-refractivity contribution >= 4 is 11.8 Å². The minimum Gasteiger partial charge on any atom is -0.493 e. The number of methoxy groups -OCH3 is 2. The maximum Gasteiger partial charge on any atom is 0.244 e. The maximum atomic E-state index is 5.36. The Morgan fingerprint density at radius 2 is 1.76 bits per heavy atom. The van der Waals surface area contributed by atoms with Gasteiger partial charge < -0.3 is 19.7 Å². The average molecular weight is 393 g/mol. The number of aromatic nitrogens is 3. The number of nitrogens with one attached hydrogen (secondary N) is 1. The molecule has 1 aromatic heterocycles. The number of ether oxygens (including phenoxy) is 2. The van der Waals surface area contributed by atoms with Crippen LogP contribution in [-0.2, 0) is 13.0 Å². The van der Waals surface area contributed by atoms with Crippen molar-refractivity contribution in [2.45, 2.75) is 19.9 Å². The van der Waals surface area contributed by atoms with Crippen molar-refractivity contribution in [2.75, 3.05) is 37.5 Å². The van der Waals surface area contributed by atoms with Crippen LogP contribution in [0.5, 0.6) is 11.5 Å². The molecule has 1 heterocycles. The molecule has 0 bridgehead atoms. The molecule has 0 spiro atoms. The molecule has 3 rings (SSSR count). The summed E-state index contributed by atoms with van der Waals surface area (Å²) >= 11 is 0. The van der Waals surface area contributed by atoms with E-state index in [2.05, 4.69) is 44.5 Å². The Bertz CT molecular complexity index is 905. The maximum absolute atomic E-state index is 5.36. The number of rotatable bonds is 10. The molecule has 0 aliphatic heterocycles. The normalized spacial score (nSPS) is 10.4. The highest BCUT2D eigenvalue weighted by atomic mass is 16.5. The van der Waals surface area contributed by atoms with Gasteiger partial charge in [0.05, 0.1) is 20.4 Å². The Labute approximate surface area is 171 Å². The molecule has 7 nitrogen and oxygen atoms in total. The van der Waals surface area contributed by atoms with E-state index in [4.69, 9.17) is 9.47 Å². The van der Waals surface area contributed by atoms with E-state index in [1.807, 2.05) is 36.4 Å². The van der Waals surface area contributed by atoms with E-state index < -0.39 is 0 Å². The van der Waals surface area contributed by atoms with E-state index in [1.165, 1.54) is 5.56 Å². The van der Waals surface area contributed by atoms with Gasteiger partial charge in [-0.15, -0.1) is 5.10 Å². The highest BCUT2D eigenvalue weighted by Gasteiger charge is 2.09. The quantitative estimate of drug-likeness (QED) is 0.564. The van der Waals surface area contributed by atoms with E-state index in [0.717, 1.165) is 42.4 Å². The van der Waals surface area contributed by atoms with Crippen LogP contribution >= 0.6 is 0 Å². The fourth-order valence-corrected chi connectivity index (χ4v) is 3.04. The topological polar surface area (TPSA) is 72.4 Å². The third-order valence-electron chi connectivity index (χ3n) is 4.61. The summed E-state index contributed by atoms with van der Waals surface area (Å²) in [5, 5.41) is 11.5. The summed E-state index contributed by atoms with van der Waals surface area (Å²) in [6, 6.07) is 16.2. The van der Waals surface area contributed by atoms with Crippen LogP contribution in [0, 0.1) is 0 Å². The van der Waals surface area contributed by atoms with Crippen LogP contribution in [0.4, 0.5) is 11.8 Å². The second kappa shape index (κ2) is 10.3. The molecule has 0 fully saturated rings. The lowest BCUT2D eigenvalue weighted by atomic mass is 10.1. The summed E-state index contributed by atoms with van der Waals surface area (Å²) in [4.78, 5) is 6.80. The Morgan fingerprint density at radius 3 is 2.48 bits per heavy atom. The van der Waals surface area contributed by atoms with Crippen molar-refractivity contribution in [3.8, 4) is 11.5 Å². The lowest BCUT2D eigenvalue weighted by molar-refractivity contribution is 0.354. The molecule has 3 aromatic rings. The van der Waals surface area contributed by atoms with Crippen molar-refractivity contribution in [3.63, 3.8) is 0 Å². The largest absolute Gasteiger partial charge is 0.493 e. The Hall–Kier alpha value is -3.35. The molecule has 0 atom stereocenters. The van der Waals surface area contributed by atoms with Gasteiger partial charge >= 0.3 is 0 Å². The summed E-state index contributed by atoms with van der Waals surface area (Å²) in [5.41, 5.74) is 2.37.